The molecule has 1 aliphatic carbocycles. The van der Waals surface area contributed by atoms with Gasteiger partial charge < -0.3 is 0 Å². The lowest BCUT2D eigenvalue weighted by atomic mass is 9.77. The molecule has 0 spiro atoms. The van der Waals surface area contributed by atoms with Crippen molar-refractivity contribution in [3.63, 3.8) is 0 Å². The predicted octanol–water partition coefficient (Wildman–Crippen LogP) is 7.32. The molecule has 0 aliphatic heterocycles. The van der Waals surface area contributed by atoms with E-state index in [1.54, 1.807) is 0 Å². The second-order valence-electron chi connectivity index (χ2n) is 8.41. The fraction of sp³-hybridized carbons (Fsp3) is 0.750. The summed E-state index contributed by atoms with van der Waals surface area (Å²) in [4.78, 5) is 0. The molecule has 0 N–H and O–H groups in total. The third-order valence-electron chi connectivity index (χ3n) is 6.35. The van der Waals surface area contributed by atoms with E-state index in [1.807, 2.05) is 0 Å². The summed E-state index contributed by atoms with van der Waals surface area (Å²) in [6.07, 6.45) is 16.0. The van der Waals surface area contributed by atoms with Crippen molar-refractivity contribution in [2.75, 3.05) is 6.61 Å². The molecule has 1 fully saturated rings. The molecule has 0 heterocycles. The number of benzene rings is 1. The first-order valence-corrected chi connectivity index (χ1v) is 10.9. The Morgan fingerprint density at radius 1 is 0.920 bits per heavy atom. The number of aryl methyl sites for hydroxylation is 1. The molecule has 1 nitrogen and oxygen atoms in total. The first kappa shape index (κ1) is 20.5. The Hall–Kier alpha value is -0.820. The number of hydrogen-bond acceptors (Lipinski definition) is 0. The van der Waals surface area contributed by atoms with Gasteiger partial charge in [0.1, 0.15) is 0 Å². The minimum atomic E-state index is 0.0588. The van der Waals surface area contributed by atoms with Crippen molar-refractivity contribution in [3.05, 3.63) is 35.4 Å². The smallest absolute Gasteiger partial charge is 0.0822 e. The van der Waals surface area contributed by atoms with Crippen LogP contribution in [0.2, 0.25) is 0 Å². The quantitative estimate of drug-likeness (QED) is 0.375. The summed E-state index contributed by atoms with van der Waals surface area (Å²) in [5, 5.41) is 10.6. The van der Waals surface area contributed by atoms with Gasteiger partial charge in [-0.1, -0.05) is 89.5 Å². The van der Waals surface area contributed by atoms with E-state index in [1.165, 1.54) is 75.3 Å². The Labute approximate surface area is 156 Å². The van der Waals surface area contributed by atoms with E-state index in [0.717, 1.165) is 24.7 Å². The highest BCUT2D eigenvalue weighted by atomic mass is 16.2. The Balaban J connectivity index is 1.66. The molecule has 1 unspecified atom stereocenters. The van der Waals surface area contributed by atoms with Crippen LogP contribution in [0.15, 0.2) is 24.3 Å². The number of hydrogen-bond donors (Lipinski definition) is 0. The molecule has 0 aromatic heterocycles. The van der Waals surface area contributed by atoms with Crippen molar-refractivity contribution in [1.29, 1.82) is 0 Å². The van der Waals surface area contributed by atoms with Gasteiger partial charge in [0.25, 0.3) is 0 Å². The lowest BCUT2D eigenvalue weighted by Gasteiger charge is -2.28. The van der Waals surface area contributed by atoms with Gasteiger partial charge in [-0.15, -0.1) is 0 Å². The van der Waals surface area contributed by atoms with Crippen molar-refractivity contribution in [2.24, 2.45) is 11.8 Å². The molecular weight excluding hydrogens is 304 g/mol. The highest BCUT2D eigenvalue weighted by Crippen LogP contribution is 2.34. The Kier molecular flexibility index (Phi) is 9.61. The standard InChI is InChI=1S/C24H39O/c1-3-4-5-8-21-9-11-22(12-10-21)13-14-23-15-17-24(18-16-23)20(2)7-6-19-25/h15-18,20-22H,3-14,19H2,1-2H3/t20?,21-,22-. The normalized spacial score (nSPS) is 22.0. The van der Waals surface area contributed by atoms with E-state index in [0.29, 0.717) is 5.92 Å². The summed E-state index contributed by atoms with van der Waals surface area (Å²) >= 11 is 0. The van der Waals surface area contributed by atoms with Crippen LogP contribution in [0.5, 0.6) is 0 Å². The van der Waals surface area contributed by atoms with E-state index < -0.39 is 0 Å². The molecule has 1 atom stereocenters. The van der Waals surface area contributed by atoms with Gasteiger partial charge in [-0.25, -0.2) is 5.11 Å². The molecular formula is C24H39O. The van der Waals surface area contributed by atoms with Crippen LogP contribution in [-0.2, 0) is 11.5 Å². The van der Waals surface area contributed by atoms with Crippen LogP contribution < -0.4 is 0 Å². The van der Waals surface area contributed by atoms with Crippen molar-refractivity contribution >= 4 is 0 Å². The zero-order chi connectivity index (χ0) is 17.9. The molecule has 1 heteroatoms. The van der Waals surface area contributed by atoms with Gasteiger partial charge in [-0.05, 0) is 54.6 Å². The van der Waals surface area contributed by atoms with Gasteiger partial charge in [-0.2, -0.15) is 0 Å². The summed E-state index contributed by atoms with van der Waals surface area (Å²) in [6.45, 7) is 4.60. The predicted molar refractivity (Wildman–Crippen MR) is 108 cm³/mol. The molecule has 0 bridgehead atoms. The summed E-state index contributed by atoms with van der Waals surface area (Å²) < 4.78 is 0. The maximum atomic E-state index is 10.6. The van der Waals surface area contributed by atoms with Crippen LogP contribution in [0.4, 0.5) is 0 Å². The average molecular weight is 344 g/mol. The Morgan fingerprint density at radius 2 is 1.56 bits per heavy atom. The molecule has 1 saturated carbocycles. The van der Waals surface area contributed by atoms with Crippen molar-refractivity contribution < 1.29 is 5.11 Å². The highest BCUT2D eigenvalue weighted by Gasteiger charge is 2.20. The minimum absolute atomic E-state index is 0.0588. The van der Waals surface area contributed by atoms with Crippen LogP contribution in [0.1, 0.15) is 102 Å². The second kappa shape index (κ2) is 11.7. The lowest BCUT2D eigenvalue weighted by Crippen LogP contribution is -2.15. The van der Waals surface area contributed by atoms with Crippen LogP contribution >= 0.6 is 0 Å². The van der Waals surface area contributed by atoms with E-state index >= 15 is 0 Å². The average Bonchev–Trinajstić information content (AvgIpc) is 2.66. The van der Waals surface area contributed by atoms with Gasteiger partial charge in [0, 0.05) is 0 Å². The van der Waals surface area contributed by atoms with Crippen molar-refractivity contribution in [3.8, 4) is 0 Å². The lowest BCUT2D eigenvalue weighted by molar-refractivity contribution is 0.185. The Morgan fingerprint density at radius 3 is 2.16 bits per heavy atom. The molecule has 0 amide bonds. The first-order valence-electron chi connectivity index (χ1n) is 10.9. The molecule has 2 rings (SSSR count). The third-order valence-corrected chi connectivity index (χ3v) is 6.35. The first-order chi connectivity index (χ1) is 12.2. The maximum absolute atomic E-state index is 10.6. The van der Waals surface area contributed by atoms with Gasteiger partial charge in [0.2, 0.25) is 0 Å². The monoisotopic (exact) mass is 343 g/mol. The van der Waals surface area contributed by atoms with Gasteiger partial charge >= 0.3 is 0 Å². The largest absolute Gasteiger partial charge is 0.237 e. The Bertz CT molecular complexity index is 442. The molecule has 0 saturated heterocycles. The van der Waals surface area contributed by atoms with Gasteiger partial charge in [0.15, 0.2) is 0 Å². The molecule has 1 radical (unpaired) electrons. The molecule has 25 heavy (non-hydrogen) atoms. The van der Waals surface area contributed by atoms with Gasteiger partial charge in [0.05, 0.1) is 6.61 Å². The highest BCUT2D eigenvalue weighted by molar-refractivity contribution is 5.25. The van der Waals surface area contributed by atoms with E-state index in [4.69, 9.17) is 0 Å². The topological polar surface area (TPSA) is 19.9 Å². The molecule has 1 aromatic carbocycles. The fourth-order valence-electron chi connectivity index (χ4n) is 4.43. The summed E-state index contributed by atoms with van der Waals surface area (Å²) in [5.74, 6) is 2.50. The van der Waals surface area contributed by atoms with E-state index in [9.17, 15) is 5.11 Å². The SMILES string of the molecule is CCCCC[C@H]1CC[C@H](CCc2ccc(C(C)CCC[O])cc2)CC1. The minimum Gasteiger partial charge on any atom is -0.237 e. The summed E-state index contributed by atoms with van der Waals surface area (Å²) in [7, 11) is 0. The van der Waals surface area contributed by atoms with Crippen LogP contribution in [-0.4, -0.2) is 6.61 Å². The summed E-state index contributed by atoms with van der Waals surface area (Å²) in [6, 6.07) is 9.21. The van der Waals surface area contributed by atoms with E-state index in [2.05, 4.69) is 38.1 Å². The number of rotatable bonds is 11. The molecule has 1 aliphatic rings. The number of unbranched alkanes of at least 4 members (excludes halogenated alkanes) is 2. The van der Waals surface area contributed by atoms with Crippen LogP contribution in [0.25, 0.3) is 0 Å². The molecule has 141 valence electrons. The zero-order valence-electron chi connectivity index (χ0n) is 16.6. The van der Waals surface area contributed by atoms with Crippen molar-refractivity contribution in [2.45, 2.75) is 96.8 Å². The van der Waals surface area contributed by atoms with Crippen LogP contribution in [0.3, 0.4) is 0 Å². The van der Waals surface area contributed by atoms with E-state index in [-0.39, 0.29) is 6.61 Å². The third kappa shape index (κ3) is 7.52. The van der Waals surface area contributed by atoms with Gasteiger partial charge in [-0.3, -0.25) is 0 Å². The maximum Gasteiger partial charge on any atom is 0.0822 e. The fourth-order valence-corrected chi connectivity index (χ4v) is 4.43. The van der Waals surface area contributed by atoms with Crippen LogP contribution in [0, 0.1) is 11.8 Å². The molecule has 1 aromatic rings. The summed E-state index contributed by atoms with van der Waals surface area (Å²) in [5.41, 5.74) is 2.88. The zero-order valence-corrected chi connectivity index (χ0v) is 16.6. The van der Waals surface area contributed by atoms with Crippen molar-refractivity contribution in [1.82, 2.24) is 0 Å². The second-order valence-corrected chi connectivity index (χ2v) is 8.41.